The van der Waals surface area contributed by atoms with Crippen molar-refractivity contribution < 1.29 is 23.5 Å². The van der Waals surface area contributed by atoms with Crippen molar-refractivity contribution in [1.29, 1.82) is 0 Å². The van der Waals surface area contributed by atoms with E-state index in [0.29, 0.717) is 40.3 Å². The number of amides is 2. The zero-order valence-corrected chi connectivity index (χ0v) is 14.8. The minimum Gasteiger partial charge on any atom is -0.466 e. The number of carbonyl (C=O) groups excluding carboxylic acids is 3. The number of aromatic amines is 1. The number of hydrazine groups is 1. The molecule has 0 saturated carbocycles. The van der Waals surface area contributed by atoms with Crippen molar-refractivity contribution in [2.75, 3.05) is 7.11 Å². The van der Waals surface area contributed by atoms with Gasteiger partial charge in [0.05, 0.1) is 18.2 Å². The van der Waals surface area contributed by atoms with Crippen molar-refractivity contribution in [3.63, 3.8) is 0 Å². The van der Waals surface area contributed by atoms with E-state index < -0.39 is 17.8 Å². The van der Waals surface area contributed by atoms with Gasteiger partial charge in [-0.3, -0.25) is 20.4 Å². The van der Waals surface area contributed by atoms with Gasteiger partial charge in [-0.2, -0.15) is 0 Å². The molecule has 0 aliphatic heterocycles. The van der Waals surface area contributed by atoms with Crippen molar-refractivity contribution in [3.05, 3.63) is 45.7 Å². The number of methoxy groups -OCH3 is 1. The average molecular weight is 347 g/mol. The van der Waals surface area contributed by atoms with Crippen molar-refractivity contribution >= 4 is 17.8 Å². The van der Waals surface area contributed by atoms with Crippen LogP contribution in [0.2, 0.25) is 0 Å². The minimum absolute atomic E-state index is 0.192. The summed E-state index contributed by atoms with van der Waals surface area (Å²) in [6.45, 7) is 6.88. The second kappa shape index (κ2) is 7.25. The fourth-order valence-corrected chi connectivity index (χ4v) is 2.63. The Morgan fingerprint density at radius 2 is 1.80 bits per heavy atom. The Hall–Kier alpha value is -3.03. The van der Waals surface area contributed by atoms with Crippen LogP contribution in [0.15, 0.2) is 10.5 Å². The molecule has 2 heterocycles. The quantitative estimate of drug-likeness (QED) is 0.578. The van der Waals surface area contributed by atoms with Crippen molar-refractivity contribution in [3.8, 4) is 0 Å². The van der Waals surface area contributed by atoms with Gasteiger partial charge in [0.15, 0.2) is 0 Å². The van der Waals surface area contributed by atoms with E-state index in [9.17, 15) is 14.4 Å². The summed E-state index contributed by atoms with van der Waals surface area (Å²) < 4.78 is 10.0. The van der Waals surface area contributed by atoms with Crippen LogP contribution in [0.1, 0.15) is 60.9 Å². The maximum atomic E-state index is 12.4. The second-order valence-corrected chi connectivity index (χ2v) is 5.56. The smallest absolute Gasteiger partial charge is 0.339 e. The molecule has 0 saturated heterocycles. The number of nitrogens with one attached hydrogen (secondary N) is 3. The number of hydrogen-bond acceptors (Lipinski definition) is 5. The van der Waals surface area contributed by atoms with Gasteiger partial charge in [-0.05, 0) is 38.8 Å². The summed E-state index contributed by atoms with van der Waals surface area (Å²) in [4.78, 5) is 39.3. The van der Waals surface area contributed by atoms with Crippen LogP contribution in [0.5, 0.6) is 0 Å². The number of H-pyrrole nitrogens is 1. The van der Waals surface area contributed by atoms with Crippen molar-refractivity contribution in [2.24, 2.45) is 0 Å². The molecule has 2 aromatic rings. The molecule has 25 heavy (non-hydrogen) atoms. The first-order valence-corrected chi connectivity index (χ1v) is 7.77. The van der Waals surface area contributed by atoms with E-state index >= 15 is 0 Å². The lowest BCUT2D eigenvalue weighted by molar-refractivity contribution is 0.0598. The standard InChI is InChI=1S/C17H21N3O5/c1-6-12-13(17(23)24-5)9(3)14(18-12)16(22)20-19-15(21)11-7-8(2)25-10(11)4/h7,18H,6H2,1-5H3,(H,19,21)(H,20,22). The number of esters is 1. The molecule has 0 bridgehead atoms. The Labute approximate surface area is 144 Å². The van der Waals surface area contributed by atoms with Gasteiger partial charge >= 0.3 is 5.97 Å². The van der Waals surface area contributed by atoms with Gasteiger partial charge in [0.25, 0.3) is 11.8 Å². The zero-order chi connectivity index (χ0) is 18.7. The average Bonchev–Trinajstić information content (AvgIpc) is 3.10. The van der Waals surface area contributed by atoms with E-state index in [0.717, 1.165) is 0 Å². The molecule has 2 rings (SSSR count). The Bertz CT molecular complexity index is 832. The monoisotopic (exact) mass is 347 g/mol. The molecule has 0 spiro atoms. The third kappa shape index (κ3) is 3.57. The van der Waals surface area contributed by atoms with E-state index in [1.807, 2.05) is 6.92 Å². The molecule has 2 aromatic heterocycles. The fourth-order valence-electron chi connectivity index (χ4n) is 2.63. The molecule has 0 unspecified atom stereocenters. The third-order valence-corrected chi connectivity index (χ3v) is 3.87. The number of ether oxygens (including phenoxy) is 1. The first kappa shape index (κ1) is 18.3. The molecule has 134 valence electrons. The van der Waals surface area contributed by atoms with E-state index in [2.05, 4.69) is 15.8 Å². The fraction of sp³-hybridized carbons (Fsp3) is 0.353. The van der Waals surface area contributed by atoms with Crippen LogP contribution in [0.3, 0.4) is 0 Å². The second-order valence-electron chi connectivity index (χ2n) is 5.56. The largest absolute Gasteiger partial charge is 0.466 e. The summed E-state index contributed by atoms with van der Waals surface area (Å²) in [5.41, 5.74) is 6.60. The van der Waals surface area contributed by atoms with Gasteiger partial charge in [-0.25, -0.2) is 4.79 Å². The highest BCUT2D eigenvalue weighted by Crippen LogP contribution is 2.20. The molecule has 0 radical (unpaired) electrons. The number of carbonyl (C=O) groups is 3. The molecule has 0 atom stereocenters. The minimum atomic E-state index is -0.562. The molecule has 0 aromatic carbocycles. The lowest BCUT2D eigenvalue weighted by atomic mass is 10.1. The summed E-state index contributed by atoms with van der Waals surface area (Å²) in [7, 11) is 1.28. The van der Waals surface area contributed by atoms with Gasteiger partial charge in [0.1, 0.15) is 17.2 Å². The van der Waals surface area contributed by atoms with Crippen LogP contribution >= 0.6 is 0 Å². The van der Waals surface area contributed by atoms with Crippen molar-refractivity contribution in [1.82, 2.24) is 15.8 Å². The molecule has 0 aliphatic carbocycles. The lowest BCUT2D eigenvalue weighted by Gasteiger charge is -2.06. The lowest BCUT2D eigenvalue weighted by Crippen LogP contribution is -2.42. The first-order chi connectivity index (χ1) is 11.8. The highest BCUT2D eigenvalue weighted by molar-refractivity contribution is 6.02. The van der Waals surface area contributed by atoms with Gasteiger partial charge < -0.3 is 14.1 Å². The zero-order valence-electron chi connectivity index (χ0n) is 14.8. The molecule has 8 heteroatoms. The van der Waals surface area contributed by atoms with Crippen molar-refractivity contribution in [2.45, 2.75) is 34.1 Å². The number of aromatic nitrogens is 1. The molecule has 8 nitrogen and oxygen atoms in total. The molecule has 2 amide bonds. The Kier molecular flexibility index (Phi) is 5.31. The van der Waals surface area contributed by atoms with Gasteiger partial charge in [-0.1, -0.05) is 6.92 Å². The van der Waals surface area contributed by atoms with Crippen LogP contribution in [-0.2, 0) is 11.2 Å². The topological polar surface area (TPSA) is 113 Å². The SMILES string of the molecule is CCc1[nH]c(C(=O)NNC(=O)c2cc(C)oc2C)c(C)c1C(=O)OC. The Morgan fingerprint density at radius 3 is 2.32 bits per heavy atom. The van der Waals surface area contributed by atoms with E-state index in [1.54, 1.807) is 26.8 Å². The Balaban J connectivity index is 2.16. The van der Waals surface area contributed by atoms with Gasteiger partial charge in [0.2, 0.25) is 0 Å². The normalized spacial score (nSPS) is 10.4. The van der Waals surface area contributed by atoms with Crippen LogP contribution in [0.4, 0.5) is 0 Å². The molecular weight excluding hydrogens is 326 g/mol. The van der Waals surface area contributed by atoms with E-state index in [-0.39, 0.29) is 5.69 Å². The number of rotatable bonds is 4. The van der Waals surface area contributed by atoms with E-state index in [1.165, 1.54) is 7.11 Å². The molecular formula is C17H21N3O5. The predicted octanol–water partition coefficient (Wildman–Crippen LogP) is 1.96. The first-order valence-electron chi connectivity index (χ1n) is 7.77. The number of aryl methyl sites for hydroxylation is 3. The molecule has 3 N–H and O–H groups in total. The van der Waals surface area contributed by atoms with Crippen LogP contribution in [0, 0.1) is 20.8 Å². The van der Waals surface area contributed by atoms with Gasteiger partial charge in [-0.15, -0.1) is 0 Å². The summed E-state index contributed by atoms with van der Waals surface area (Å²) in [6, 6.07) is 1.58. The molecule has 0 fully saturated rings. The summed E-state index contributed by atoms with van der Waals surface area (Å²) in [5.74, 6) is -0.506. The predicted molar refractivity (Wildman–Crippen MR) is 89.4 cm³/mol. The highest BCUT2D eigenvalue weighted by Gasteiger charge is 2.24. The summed E-state index contributed by atoms with van der Waals surface area (Å²) >= 11 is 0. The van der Waals surface area contributed by atoms with Crippen LogP contribution in [-0.4, -0.2) is 29.9 Å². The number of hydrogen-bond donors (Lipinski definition) is 3. The Morgan fingerprint density at radius 1 is 1.16 bits per heavy atom. The summed E-state index contributed by atoms with van der Waals surface area (Å²) in [5, 5.41) is 0. The van der Waals surface area contributed by atoms with E-state index in [4.69, 9.17) is 9.15 Å². The van der Waals surface area contributed by atoms with Gasteiger partial charge in [0, 0.05) is 5.69 Å². The third-order valence-electron chi connectivity index (χ3n) is 3.87. The van der Waals surface area contributed by atoms with Crippen LogP contribution < -0.4 is 10.9 Å². The summed E-state index contributed by atoms with van der Waals surface area (Å²) in [6.07, 6.45) is 0.526. The number of furan rings is 1. The molecule has 0 aliphatic rings. The maximum Gasteiger partial charge on any atom is 0.339 e. The highest BCUT2D eigenvalue weighted by atomic mass is 16.5. The maximum absolute atomic E-state index is 12.4. The van der Waals surface area contributed by atoms with Crippen LogP contribution in [0.25, 0.3) is 0 Å².